The van der Waals surface area contributed by atoms with Crippen molar-refractivity contribution >= 4 is 27.6 Å². The van der Waals surface area contributed by atoms with Crippen molar-refractivity contribution in [2.75, 3.05) is 25.0 Å². The van der Waals surface area contributed by atoms with Crippen LogP contribution in [-0.2, 0) is 19.6 Å². The number of hydrogen-bond donors (Lipinski definition) is 1. The molecule has 0 aliphatic carbocycles. The van der Waals surface area contributed by atoms with Crippen LogP contribution in [0.5, 0.6) is 5.75 Å². The SMILES string of the molecule is CCN(CC)S(=O)(=O)c1cc(NC(=O)COC(=O)c2cccc(OC(F)F)c2)ccc1C. The van der Waals surface area contributed by atoms with Gasteiger partial charge < -0.3 is 14.8 Å². The number of nitrogens with one attached hydrogen (secondary N) is 1. The predicted molar refractivity (Wildman–Crippen MR) is 113 cm³/mol. The number of amides is 1. The van der Waals surface area contributed by atoms with E-state index in [-0.39, 0.29) is 21.9 Å². The van der Waals surface area contributed by atoms with Gasteiger partial charge in [0.15, 0.2) is 6.61 Å². The molecule has 2 aromatic carbocycles. The van der Waals surface area contributed by atoms with Gasteiger partial charge in [0.1, 0.15) is 5.75 Å². The standard InChI is InChI=1S/C21H24F2N2O6S/c1-4-25(5-2)32(28,29)18-12-16(10-9-14(18)3)24-19(26)13-30-20(27)15-7-6-8-17(11-15)31-21(22)23/h6-12,21H,4-5,13H2,1-3H3,(H,24,26). The van der Waals surface area contributed by atoms with E-state index in [0.29, 0.717) is 18.7 Å². The van der Waals surface area contributed by atoms with Gasteiger partial charge in [-0.05, 0) is 42.8 Å². The van der Waals surface area contributed by atoms with Crippen LogP contribution in [0.4, 0.5) is 14.5 Å². The molecular formula is C21H24F2N2O6S. The molecule has 11 heteroatoms. The second-order valence-corrected chi connectivity index (χ2v) is 8.51. The fraction of sp³-hybridized carbons (Fsp3) is 0.333. The van der Waals surface area contributed by atoms with Crippen molar-refractivity contribution in [1.82, 2.24) is 4.31 Å². The molecule has 0 aliphatic heterocycles. The zero-order chi connectivity index (χ0) is 23.9. The van der Waals surface area contributed by atoms with Gasteiger partial charge in [0, 0.05) is 18.8 Å². The summed E-state index contributed by atoms with van der Waals surface area (Å²) in [4.78, 5) is 24.3. The number of benzene rings is 2. The smallest absolute Gasteiger partial charge is 0.387 e. The summed E-state index contributed by atoms with van der Waals surface area (Å²) in [5, 5.41) is 2.48. The number of sulfonamides is 1. The third-order valence-corrected chi connectivity index (χ3v) is 6.62. The highest BCUT2D eigenvalue weighted by atomic mass is 32.2. The number of ether oxygens (including phenoxy) is 2. The molecule has 0 aromatic heterocycles. The molecular weight excluding hydrogens is 446 g/mol. The molecule has 0 atom stereocenters. The van der Waals surface area contributed by atoms with Crippen molar-refractivity contribution in [3.05, 3.63) is 53.6 Å². The first-order valence-electron chi connectivity index (χ1n) is 9.71. The summed E-state index contributed by atoms with van der Waals surface area (Å²) < 4.78 is 60.6. The Labute approximate surface area is 185 Å². The number of alkyl halides is 2. The van der Waals surface area contributed by atoms with E-state index in [4.69, 9.17) is 4.74 Å². The van der Waals surface area contributed by atoms with Crippen LogP contribution in [0, 0.1) is 6.92 Å². The summed E-state index contributed by atoms with van der Waals surface area (Å²) in [5.74, 6) is -1.83. The average molecular weight is 470 g/mol. The Balaban J connectivity index is 2.05. The lowest BCUT2D eigenvalue weighted by atomic mass is 10.2. The number of aryl methyl sites for hydroxylation is 1. The Kier molecular flexibility index (Phi) is 8.67. The molecule has 32 heavy (non-hydrogen) atoms. The number of rotatable bonds is 10. The number of nitrogens with zero attached hydrogens (tertiary/aromatic N) is 1. The van der Waals surface area contributed by atoms with Crippen LogP contribution in [0.3, 0.4) is 0 Å². The number of anilines is 1. The number of carbonyl (C=O) groups excluding carboxylic acids is 2. The highest BCUT2D eigenvalue weighted by Crippen LogP contribution is 2.23. The van der Waals surface area contributed by atoms with Crippen LogP contribution >= 0.6 is 0 Å². The topological polar surface area (TPSA) is 102 Å². The van der Waals surface area contributed by atoms with E-state index in [0.717, 1.165) is 6.07 Å². The Morgan fingerprint density at radius 2 is 1.78 bits per heavy atom. The number of carbonyl (C=O) groups is 2. The van der Waals surface area contributed by atoms with Gasteiger partial charge in [-0.2, -0.15) is 13.1 Å². The molecule has 0 unspecified atom stereocenters. The van der Waals surface area contributed by atoms with E-state index >= 15 is 0 Å². The third-order valence-electron chi connectivity index (χ3n) is 4.42. The number of halogens is 2. The van der Waals surface area contributed by atoms with Crippen molar-refractivity contribution in [2.24, 2.45) is 0 Å². The predicted octanol–water partition coefficient (Wildman–Crippen LogP) is 3.42. The normalized spacial score (nSPS) is 11.5. The van der Waals surface area contributed by atoms with Gasteiger partial charge in [-0.15, -0.1) is 0 Å². The summed E-state index contributed by atoms with van der Waals surface area (Å²) in [5.41, 5.74) is 0.667. The largest absolute Gasteiger partial charge is 0.452 e. The molecule has 0 spiro atoms. The van der Waals surface area contributed by atoms with Gasteiger partial charge in [0.05, 0.1) is 10.5 Å². The Hall–Kier alpha value is -3.05. The van der Waals surface area contributed by atoms with Crippen molar-refractivity contribution in [3.8, 4) is 5.75 Å². The van der Waals surface area contributed by atoms with E-state index in [1.165, 1.54) is 34.6 Å². The molecule has 0 saturated heterocycles. The average Bonchev–Trinajstić information content (AvgIpc) is 2.73. The first-order chi connectivity index (χ1) is 15.1. The minimum absolute atomic E-state index is 0.0619. The minimum Gasteiger partial charge on any atom is -0.452 e. The van der Waals surface area contributed by atoms with Gasteiger partial charge in [-0.3, -0.25) is 4.79 Å². The van der Waals surface area contributed by atoms with Gasteiger partial charge in [-0.25, -0.2) is 13.2 Å². The van der Waals surface area contributed by atoms with Gasteiger partial charge in [-0.1, -0.05) is 26.0 Å². The molecule has 2 aromatic rings. The Morgan fingerprint density at radius 1 is 1.09 bits per heavy atom. The molecule has 0 saturated carbocycles. The van der Waals surface area contributed by atoms with Crippen molar-refractivity contribution in [1.29, 1.82) is 0 Å². The second-order valence-electron chi connectivity index (χ2n) is 6.60. The lowest BCUT2D eigenvalue weighted by Gasteiger charge is -2.20. The number of hydrogen-bond acceptors (Lipinski definition) is 6. The van der Waals surface area contributed by atoms with Crippen LogP contribution in [0.2, 0.25) is 0 Å². The van der Waals surface area contributed by atoms with E-state index in [1.807, 2.05) is 0 Å². The number of esters is 1. The van der Waals surface area contributed by atoms with Crippen LogP contribution in [0.25, 0.3) is 0 Å². The maximum Gasteiger partial charge on any atom is 0.387 e. The summed E-state index contributed by atoms with van der Waals surface area (Å²) >= 11 is 0. The summed E-state index contributed by atoms with van der Waals surface area (Å²) in [6.07, 6.45) is 0. The first kappa shape index (κ1) is 25.2. The zero-order valence-electron chi connectivity index (χ0n) is 17.8. The van der Waals surface area contributed by atoms with E-state index in [2.05, 4.69) is 10.1 Å². The maximum atomic E-state index is 12.8. The monoisotopic (exact) mass is 470 g/mol. The van der Waals surface area contributed by atoms with Gasteiger partial charge >= 0.3 is 12.6 Å². The zero-order valence-corrected chi connectivity index (χ0v) is 18.6. The van der Waals surface area contributed by atoms with Crippen molar-refractivity contribution in [3.63, 3.8) is 0 Å². The molecule has 8 nitrogen and oxygen atoms in total. The fourth-order valence-electron chi connectivity index (χ4n) is 2.87. The van der Waals surface area contributed by atoms with E-state index < -0.39 is 35.1 Å². The molecule has 1 amide bonds. The quantitative estimate of drug-likeness (QED) is 0.534. The van der Waals surface area contributed by atoms with Crippen LogP contribution < -0.4 is 10.1 Å². The summed E-state index contributed by atoms with van der Waals surface area (Å²) in [7, 11) is -3.73. The second kappa shape index (κ2) is 11.0. The highest BCUT2D eigenvalue weighted by Gasteiger charge is 2.24. The molecule has 0 radical (unpaired) electrons. The highest BCUT2D eigenvalue weighted by molar-refractivity contribution is 7.89. The Bertz CT molecular complexity index is 1070. The molecule has 0 aliphatic rings. The molecule has 0 heterocycles. The lowest BCUT2D eigenvalue weighted by Crippen LogP contribution is -2.31. The molecule has 0 bridgehead atoms. The lowest BCUT2D eigenvalue weighted by molar-refractivity contribution is -0.119. The third kappa shape index (κ3) is 6.47. The molecule has 174 valence electrons. The fourth-order valence-corrected chi connectivity index (χ4v) is 4.58. The van der Waals surface area contributed by atoms with Gasteiger partial charge in [0.25, 0.3) is 5.91 Å². The minimum atomic E-state index is -3.73. The Morgan fingerprint density at radius 3 is 2.41 bits per heavy atom. The molecule has 0 fully saturated rings. The van der Waals surface area contributed by atoms with E-state index in [1.54, 1.807) is 26.8 Å². The maximum absolute atomic E-state index is 12.8. The molecule has 2 rings (SSSR count). The van der Waals surface area contributed by atoms with E-state index in [9.17, 15) is 26.8 Å². The van der Waals surface area contributed by atoms with Crippen LogP contribution in [0.15, 0.2) is 47.4 Å². The van der Waals surface area contributed by atoms with Crippen LogP contribution in [0.1, 0.15) is 29.8 Å². The molecule has 1 N–H and O–H groups in total. The summed E-state index contributed by atoms with van der Waals surface area (Å²) in [6.45, 7) is 2.00. The first-order valence-corrected chi connectivity index (χ1v) is 11.1. The van der Waals surface area contributed by atoms with Crippen molar-refractivity contribution in [2.45, 2.75) is 32.3 Å². The van der Waals surface area contributed by atoms with Gasteiger partial charge in [0.2, 0.25) is 10.0 Å². The van der Waals surface area contributed by atoms with Crippen LogP contribution in [-0.4, -0.2) is 50.9 Å². The van der Waals surface area contributed by atoms with Crippen molar-refractivity contribution < 1.29 is 36.3 Å². The summed E-state index contributed by atoms with van der Waals surface area (Å²) in [6, 6.07) is 9.40.